The van der Waals surface area contributed by atoms with Gasteiger partial charge in [-0.05, 0) is 18.6 Å². The lowest BCUT2D eigenvalue weighted by Gasteiger charge is -2.08. The van der Waals surface area contributed by atoms with E-state index in [1.54, 1.807) is 6.92 Å². The molecule has 0 fully saturated rings. The van der Waals surface area contributed by atoms with E-state index in [4.69, 9.17) is 16.3 Å². The Hall–Kier alpha value is -1.09. The zero-order chi connectivity index (χ0) is 9.30. The van der Waals surface area contributed by atoms with Gasteiger partial charge in [-0.2, -0.15) is 0 Å². The molecule has 0 aliphatic rings. The van der Waals surface area contributed by atoms with Crippen molar-refractivity contribution in [1.82, 2.24) is 0 Å². The molecule has 0 spiro atoms. The molecule has 1 aromatic carbocycles. The van der Waals surface area contributed by atoms with Crippen molar-refractivity contribution in [2.75, 3.05) is 7.11 Å². The number of phenolic OH excluding ortho intramolecular Hbond substituents is 2. The van der Waals surface area contributed by atoms with Gasteiger partial charge >= 0.3 is 0 Å². The van der Waals surface area contributed by atoms with Crippen LogP contribution in [-0.2, 0) is 0 Å². The molecule has 0 radical (unpaired) electrons. The smallest absolute Gasteiger partial charge is 0.182 e. The van der Waals surface area contributed by atoms with E-state index in [0.717, 1.165) is 0 Å². The second kappa shape index (κ2) is 3.11. The summed E-state index contributed by atoms with van der Waals surface area (Å²) in [5.41, 5.74) is 0.512. The fraction of sp³-hybridized carbons (Fsp3) is 0.250. The van der Waals surface area contributed by atoms with Gasteiger partial charge in [0.05, 0.1) is 7.11 Å². The topological polar surface area (TPSA) is 49.7 Å². The van der Waals surface area contributed by atoms with Gasteiger partial charge in [0, 0.05) is 0 Å². The number of hydrogen-bond donors (Lipinski definition) is 2. The first kappa shape index (κ1) is 9.00. The van der Waals surface area contributed by atoms with E-state index in [9.17, 15) is 10.2 Å². The van der Waals surface area contributed by atoms with Gasteiger partial charge < -0.3 is 14.9 Å². The van der Waals surface area contributed by atoms with Crippen LogP contribution in [0.4, 0.5) is 0 Å². The molecule has 0 unspecified atom stereocenters. The van der Waals surface area contributed by atoms with E-state index >= 15 is 0 Å². The first-order chi connectivity index (χ1) is 5.57. The maximum Gasteiger partial charge on any atom is 0.182 e. The molecule has 0 amide bonds. The van der Waals surface area contributed by atoms with Gasteiger partial charge in [-0.3, -0.25) is 0 Å². The Balaban J connectivity index is 3.40. The number of halogens is 1. The Morgan fingerprint density at radius 2 is 2.00 bits per heavy atom. The third-order valence-corrected chi connectivity index (χ3v) is 1.92. The van der Waals surface area contributed by atoms with E-state index in [1.165, 1.54) is 13.2 Å². The molecular weight excluding hydrogens is 180 g/mol. The lowest BCUT2D eigenvalue weighted by atomic mass is 10.2. The van der Waals surface area contributed by atoms with Crippen LogP contribution < -0.4 is 4.74 Å². The lowest BCUT2D eigenvalue weighted by Crippen LogP contribution is -1.87. The minimum absolute atomic E-state index is 0.0370. The normalized spacial score (nSPS) is 9.92. The highest BCUT2D eigenvalue weighted by molar-refractivity contribution is 6.33. The molecule has 0 saturated heterocycles. The number of phenols is 2. The number of methoxy groups -OCH3 is 1. The summed E-state index contributed by atoms with van der Waals surface area (Å²) in [4.78, 5) is 0. The standard InChI is InChI=1S/C8H9ClO3/c1-4-3-5(10)8(12-2)6(9)7(4)11/h3,10-11H,1-2H3. The number of rotatable bonds is 1. The van der Waals surface area contributed by atoms with Gasteiger partial charge in [-0.15, -0.1) is 0 Å². The van der Waals surface area contributed by atoms with Crippen molar-refractivity contribution < 1.29 is 14.9 Å². The molecule has 2 N–H and O–H groups in total. The van der Waals surface area contributed by atoms with Crippen LogP contribution in [0.2, 0.25) is 5.02 Å². The molecule has 0 aliphatic heterocycles. The van der Waals surface area contributed by atoms with Crippen LogP contribution in [0.3, 0.4) is 0 Å². The van der Waals surface area contributed by atoms with Crippen LogP contribution in [0.15, 0.2) is 6.07 Å². The molecule has 0 aliphatic carbocycles. The monoisotopic (exact) mass is 188 g/mol. The number of aromatic hydroxyl groups is 2. The van der Waals surface area contributed by atoms with Crippen molar-refractivity contribution in [1.29, 1.82) is 0 Å². The zero-order valence-corrected chi connectivity index (χ0v) is 7.51. The molecule has 0 aromatic heterocycles. The SMILES string of the molecule is COc1c(O)cc(C)c(O)c1Cl. The molecule has 4 heteroatoms. The molecule has 0 atom stereocenters. The summed E-state index contributed by atoms with van der Waals surface area (Å²) in [7, 11) is 1.37. The zero-order valence-electron chi connectivity index (χ0n) is 6.76. The molecule has 1 aromatic rings. The first-order valence-corrected chi connectivity index (χ1v) is 3.70. The van der Waals surface area contributed by atoms with Crippen molar-refractivity contribution in [3.8, 4) is 17.2 Å². The second-order valence-electron chi connectivity index (χ2n) is 2.41. The maximum atomic E-state index is 9.32. The molecule has 1 rings (SSSR count). The van der Waals surface area contributed by atoms with Crippen LogP contribution >= 0.6 is 11.6 Å². The van der Waals surface area contributed by atoms with Crippen LogP contribution in [0.1, 0.15) is 5.56 Å². The van der Waals surface area contributed by atoms with E-state index in [2.05, 4.69) is 0 Å². The highest BCUT2D eigenvalue weighted by atomic mass is 35.5. The average Bonchev–Trinajstić information content (AvgIpc) is 2.01. The highest BCUT2D eigenvalue weighted by Crippen LogP contribution is 2.42. The van der Waals surface area contributed by atoms with Gasteiger partial charge in [0.15, 0.2) is 11.5 Å². The Morgan fingerprint density at radius 1 is 1.42 bits per heavy atom. The summed E-state index contributed by atoms with van der Waals surface area (Å²) >= 11 is 5.67. The van der Waals surface area contributed by atoms with E-state index in [1.807, 2.05) is 0 Å². The molecule has 0 heterocycles. The quantitative estimate of drug-likeness (QED) is 0.664. The summed E-state index contributed by atoms with van der Waals surface area (Å²) < 4.78 is 4.77. The van der Waals surface area contributed by atoms with Crippen molar-refractivity contribution >= 4 is 11.6 Å². The van der Waals surface area contributed by atoms with Crippen molar-refractivity contribution in [3.63, 3.8) is 0 Å². The minimum Gasteiger partial charge on any atom is -0.506 e. The fourth-order valence-electron chi connectivity index (χ4n) is 0.926. The minimum atomic E-state index is -0.0715. The van der Waals surface area contributed by atoms with Gasteiger partial charge in [-0.1, -0.05) is 11.6 Å². The van der Waals surface area contributed by atoms with Gasteiger partial charge in [-0.25, -0.2) is 0 Å². The molecule has 3 nitrogen and oxygen atoms in total. The van der Waals surface area contributed by atoms with Crippen molar-refractivity contribution in [2.24, 2.45) is 0 Å². The summed E-state index contributed by atoms with van der Waals surface area (Å²) in [6.45, 7) is 1.64. The van der Waals surface area contributed by atoms with Gasteiger partial charge in [0.25, 0.3) is 0 Å². The summed E-state index contributed by atoms with van der Waals surface area (Å²) in [6.07, 6.45) is 0. The Bertz CT molecular complexity index is 310. The largest absolute Gasteiger partial charge is 0.506 e. The highest BCUT2D eigenvalue weighted by Gasteiger charge is 2.13. The predicted octanol–water partition coefficient (Wildman–Crippen LogP) is 2.07. The molecule has 66 valence electrons. The summed E-state index contributed by atoms with van der Waals surface area (Å²) in [5, 5.41) is 18.6. The Labute approximate surface area is 75.2 Å². The van der Waals surface area contributed by atoms with Gasteiger partial charge in [0.2, 0.25) is 0 Å². The van der Waals surface area contributed by atoms with E-state index in [0.29, 0.717) is 5.56 Å². The third kappa shape index (κ3) is 1.28. The van der Waals surface area contributed by atoms with Crippen molar-refractivity contribution in [2.45, 2.75) is 6.92 Å². The molecule has 0 saturated carbocycles. The van der Waals surface area contributed by atoms with Gasteiger partial charge in [0.1, 0.15) is 10.8 Å². The Morgan fingerprint density at radius 3 is 2.50 bits per heavy atom. The van der Waals surface area contributed by atoms with E-state index < -0.39 is 0 Å². The average molecular weight is 189 g/mol. The number of ether oxygens (including phenoxy) is 1. The van der Waals surface area contributed by atoms with Crippen LogP contribution in [0, 0.1) is 6.92 Å². The number of aryl methyl sites for hydroxylation is 1. The molecule has 0 bridgehead atoms. The van der Waals surface area contributed by atoms with Crippen LogP contribution in [0.5, 0.6) is 17.2 Å². The third-order valence-electron chi connectivity index (χ3n) is 1.57. The molecule has 12 heavy (non-hydrogen) atoms. The number of benzene rings is 1. The number of hydrogen-bond acceptors (Lipinski definition) is 3. The first-order valence-electron chi connectivity index (χ1n) is 3.33. The lowest BCUT2D eigenvalue weighted by molar-refractivity contribution is 0.368. The predicted molar refractivity (Wildman–Crippen MR) is 46.1 cm³/mol. The van der Waals surface area contributed by atoms with Crippen LogP contribution in [0.25, 0.3) is 0 Å². The summed E-state index contributed by atoms with van der Waals surface area (Å²) in [6, 6.07) is 1.39. The second-order valence-corrected chi connectivity index (χ2v) is 2.79. The molecular formula is C8H9ClO3. The Kier molecular flexibility index (Phi) is 2.33. The van der Waals surface area contributed by atoms with E-state index in [-0.39, 0.29) is 22.3 Å². The fourth-order valence-corrected chi connectivity index (χ4v) is 1.25. The van der Waals surface area contributed by atoms with Crippen LogP contribution in [-0.4, -0.2) is 17.3 Å². The van der Waals surface area contributed by atoms with Crippen molar-refractivity contribution in [3.05, 3.63) is 16.7 Å². The summed E-state index contributed by atoms with van der Waals surface area (Å²) in [5.74, 6) is -0.0381. The maximum absolute atomic E-state index is 9.32.